The van der Waals surface area contributed by atoms with Crippen LogP contribution in [0.4, 0.5) is 11.4 Å². The molecule has 0 unspecified atom stereocenters. The van der Waals surface area contributed by atoms with E-state index >= 15 is 0 Å². The lowest BCUT2D eigenvalue weighted by Crippen LogP contribution is -2.32. The molecular formula is C21H22N4O5. The molecule has 0 saturated carbocycles. The van der Waals surface area contributed by atoms with Crippen LogP contribution in [-0.2, 0) is 11.8 Å². The van der Waals surface area contributed by atoms with Crippen molar-refractivity contribution in [1.29, 1.82) is 0 Å². The zero-order valence-electron chi connectivity index (χ0n) is 17.1. The lowest BCUT2D eigenvalue weighted by Gasteiger charge is -2.14. The van der Waals surface area contributed by atoms with Gasteiger partial charge in [-0.3, -0.25) is 24.4 Å². The molecular weight excluding hydrogens is 388 g/mol. The maximum absolute atomic E-state index is 12.9. The molecule has 2 aromatic carbocycles. The molecule has 0 radical (unpaired) electrons. The second kappa shape index (κ2) is 8.24. The van der Waals surface area contributed by atoms with E-state index in [0.29, 0.717) is 16.9 Å². The van der Waals surface area contributed by atoms with Gasteiger partial charge in [0.25, 0.3) is 11.5 Å². The van der Waals surface area contributed by atoms with Gasteiger partial charge < -0.3 is 10.1 Å². The van der Waals surface area contributed by atoms with Gasteiger partial charge in [-0.05, 0) is 44.5 Å². The first-order chi connectivity index (χ1) is 14.2. The Kier molecular flexibility index (Phi) is 5.72. The van der Waals surface area contributed by atoms with Crippen molar-refractivity contribution in [1.82, 2.24) is 9.36 Å². The number of nitro groups is 1. The molecule has 0 bridgehead atoms. The standard InChI is InChI=1S/C21H22N4O5/c1-13-10-11-18(17(12-13)25(28)29)30-15(3)20(26)22-19-14(2)23(4)24(21(19)27)16-8-6-5-7-9-16/h5-12,15H,1-4H3,(H,22,26)/t15-/m1/s1. The smallest absolute Gasteiger partial charge is 0.311 e. The van der Waals surface area contributed by atoms with Gasteiger partial charge in [0.15, 0.2) is 11.9 Å². The highest BCUT2D eigenvalue weighted by molar-refractivity contribution is 5.94. The van der Waals surface area contributed by atoms with Gasteiger partial charge in [-0.1, -0.05) is 24.3 Å². The number of benzene rings is 2. The summed E-state index contributed by atoms with van der Waals surface area (Å²) in [5.41, 5.74) is 1.44. The van der Waals surface area contributed by atoms with E-state index in [1.807, 2.05) is 18.2 Å². The number of nitrogens with one attached hydrogen (secondary N) is 1. The topological polar surface area (TPSA) is 108 Å². The summed E-state index contributed by atoms with van der Waals surface area (Å²) < 4.78 is 8.62. The predicted octanol–water partition coefficient (Wildman–Crippen LogP) is 3.11. The van der Waals surface area contributed by atoms with Crippen LogP contribution in [0.15, 0.2) is 53.3 Å². The second-order valence-corrected chi connectivity index (χ2v) is 6.91. The van der Waals surface area contributed by atoms with Crippen LogP contribution in [0.25, 0.3) is 5.69 Å². The number of carbonyl (C=O) groups is 1. The number of ether oxygens (including phenoxy) is 1. The molecule has 1 N–H and O–H groups in total. The van der Waals surface area contributed by atoms with E-state index in [-0.39, 0.29) is 22.7 Å². The number of anilines is 1. The molecule has 9 heteroatoms. The first-order valence-electron chi connectivity index (χ1n) is 9.27. The maximum Gasteiger partial charge on any atom is 0.311 e. The summed E-state index contributed by atoms with van der Waals surface area (Å²) in [5.74, 6) is -0.601. The van der Waals surface area contributed by atoms with Crippen LogP contribution in [0.1, 0.15) is 18.2 Å². The average Bonchev–Trinajstić information content (AvgIpc) is 2.92. The van der Waals surface area contributed by atoms with Gasteiger partial charge in [0.1, 0.15) is 5.69 Å². The molecule has 0 fully saturated rings. The fourth-order valence-electron chi connectivity index (χ4n) is 3.05. The number of nitro benzene ring substituents is 1. The molecule has 30 heavy (non-hydrogen) atoms. The monoisotopic (exact) mass is 410 g/mol. The predicted molar refractivity (Wildman–Crippen MR) is 112 cm³/mol. The molecule has 9 nitrogen and oxygen atoms in total. The van der Waals surface area contributed by atoms with Crippen LogP contribution in [0.5, 0.6) is 5.75 Å². The summed E-state index contributed by atoms with van der Waals surface area (Å²) in [5, 5.41) is 13.9. The Balaban J connectivity index is 1.85. The van der Waals surface area contributed by atoms with Gasteiger partial charge in [0, 0.05) is 13.1 Å². The molecule has 3 rings (SSSR count). The summed E-state index contributed by atoms with van der Waals surface area (Å²) in [4.78, 5) is 36.3. The quantitative estimate of drug-likeness (QED) is 0.496. The van der Waals surface area contributed by atoms with E-state index in [1.165, 1.54) is 23.7 Å². The minimum atomic E-state index is -1.06. The van der Waals surface area contributed by atoms with E-state index in [1.54, 1.807) is 43.8 Å². The molecule has 1 atom stereocenters. The first kappa shape index (κ1) is 20.8. The van der Waals surface area contributed by atoms with Gasteiger partial charge in [-0.25, -0.2) is 4.68 Å². The Morgan fingerprint density at radius 1 is 1.17 bits per heavy atom. The van der Waals surface area contributed by atoms with E-state index < -0.39 is 16.9 Å². The highest BCUT2D eigenvalue weighted by Crippen LogP contribution is 2.28. The zero-order valence-corrected chi connectivity index (χ0v) is 17.1. The number of nitrogens with zero attached hydrogens (tertiary/aromatic N) is 3. The Hall–Kier alpha value is -3.88. The Labute approximate surface area is 172 Å². The second-order valence-electron chi connectivity index (χ2n) is 6.91. The molecule has 1 amide bonds. The molecule has 0 spiro atoms. The molecule has 156 valence electrons. The van der Waals surface area contributed by atoms with Crippen molar-refractivity contribution in [2.24, 2.45) is 7.05 Å². The Bertz CT molecular complexity index is 1160. The van der Waals surface area contributed by atoms with Crippen LogP contribution in [0.3, 0.4) is 0 Å². The van der Waals surface area contributed by atoms with Crippen molar-refractivity contribution in [2.45, 2.75) is 26.9 Å². The summed E-state index contributed by atoms with van der Waals surface area (Å²) >= 11 is 0. The normalized spacial score (nSPS) is 11.7. The number of aryl methyl sites for hydroxylation is 1. The molecule has 0 aliphatic heterocycles. The highest BCUT2D eigenvalue weighted by atomic mass is 16.6. The molecule has 1 heterocycles. The largest absolute Gasteiger partial charge is 0.474 e. The fraction of sp³-hybridized carbons (Fsp3) is 0.238. The summed E-state index contributed by atoms with van der Waals surface area (Å²) in [6, 6.07) is 13.5. The summed E-state index contributed by atoms with van der Waals surface area (Å²) in [6.45, 7) is 4.91. The lowest BCUT2D eigenvalue weighted by molar-refractivity contribution is -0.386. The van der Waals surface area contributed by atoms with Crippen LogP contribution in [0, 0.1) is 24.0 Å². The number of amides is 1. The number of para-hydroxylation sites is 1. The number of carbonyl (C=O) groups excluding carboxylic acids is 1. The van der Waals surface area contributed by atoms with Gasteiger partial charge >= 0.3 is 5.69 Å². The molecule has 0 aliphatic rings. The SMILES string of the molecule is Cc1ccc(O[C@H](C)C(=O)Nc2c(C)n(C)n(-c3ccccc3)c2=O)c([N+](=O)[O-])c1. The van der Waals surface area contributed by atoms with Crippen molar-refractivity contribution >= 4 is 17.3 Å². The number of rotatable bonds is 6. The Morgan fingerprint density at radius 3 is 2.47 bits per heavy atom. The Morgan fingerprint density at radius 2 is 1.83 bits per heavy atom. The van der Waals surface area contributed by atoms with Crippen LogP contribution < -0.4 is 15.6 Å². The summed E-state index contributed by atoms with van der Waals surface area (Å²) in [6.07, 6.45) is -1.06. The fourth-order valence-corrected chi connectivity index (χ4v) is 3.05. The van der Waals surface area contributed by atoms with Gasteiger partial charge in [-0.2, -0.15) is 0 Å². The van der Waals surface area contributed by atoms with E-state index in [4.69, 9.17) is 4.74 Å². The van der Waals surface area contributed by atoms with E-state index in [0.717, 1.165) is 0 Å². The molecule has 1 aromatic heterocycles. The van der Waals surface area contributed by atoms with E-state index in [2.05, 4.69) is 5.32 Å². The minimum Gasteiger partial charge on any atom is -0.474 e. The number of hydrogen-bond acceptors (Lipinski definition) is 5. The van der Waals surface area contributed by atoms with Crippen molar-refractivity contribution < 1.29 is 14.5 Å². The third-order valence-electron chi connectivity index (χ3n) is 4.79. The van der Waals surface area contributed by atoms with Crippen molar-refractivity contribution in [3.8, 4) is 11.4 Å². The van der Waals surface area contributed by atoms with E-state index in [9.17, 15) is 19.7 Å². The maximum atomic E-state index is 12.9. The molecule has 0 aliphatic carbocycles. The minimum absolute atomic E-state index is 0.0141. The third kappa shape index (κ3) is 3.95. The average molecular weight is 410 g/mol. The number of aromatic nitrogens is 2. The lowest BCUT2D eigenvalue weighted by atomic mass is 10.2. The molecule has 3 aromatic rings. The third-order valence-corrected chi connectivity index (χ3v) is 4.79. The van der Waals surface area contributed by atoms with Gasteiger partial charge in [-0.15, -0.1) is 0 Å². The van der Waals surface area contributed by atoms with Crippen molar-refractivity contribution in [2.75, 3.05) is 5.32 Å². The zero-order chi connectivity index (χ0) is 22.0. The van der Waals surface area contributed by atoms with Crippen LogP contribution >= 0.6 is 0 Å². The van der Waals surface area contributed by atoms with Crippen molar-refractivity contribution in [3.05, 3.63) is 80.3 Å². The van der Waals surface area contributed by atoms with Gasteiger partial charge in [0.05, 0.1) is 16.3 Å². The number of hydrogen-bond donors (Lipinski definition) is 1. The van der Waals surface area contributed by atoms with Crippen LogP contribution in [-0.4, -0.2) is 26.3 Å². The summed E-state index contributed by atoms with van der Waals surface area (Å²) in [7, 11) is 1.72. The first-order valence-corrected chi connectivity index (χ1v) is 9.27. The molecule has 0 saturated heterocycles. The van der Waals surface area contributed by atoms with Crippen molar-refractivity contribution in [3.63, 3.8) is 0 Å². The van der Waals surface area contributed by atoms with Gasteiger partial charge in [0.2, 0.25) is 0 Å². The highest BCUT2D eigenvalue weighted by Gasteiger charge is 2.24. The van der Waals surface area contributed by atoms with Crippen LogP contribution in [0.2, 0.25) is 0 Å².